The molecule has 1 aromatic rings. The minimum atomic E-state index is -0.113. The summed E-state index contributed by atoms with van der Waals surface area (Å²) in [5, 5.41) is 3.04. The van der Waals surface area contributed by atoms with Crippen LogP contribution < -0.4 is 5.32 Å². The highest BCUT2D eigenvalue weighted by Gasteiger charge is 2.27. The van der Waals surface area contributed by atoms with E-state index >= 15 is 0 Å². The second-order valence-electron chi connectivity index (χ2n) is 6.60. The van der Waals surface area contributed by atoms with E-state index in [1.54, 1.807) is 29.0 Å². The zero-order chi connectivity index (χ0) is 17.5. The maximum atomic E-state index is 12.3. The van der Waals surface area contributed by atoms with Gasteiger partial charge < -0.3 is 24.4 Å². The minimum absolute atomic E-state index is 0.0125. The van der Waals surface area contributed by atoms with E-state index in [9.17, 15) is 9.59 Å². The summed E-state index contributed by atoms with van der Waals surface area (Å²) >= 11 is 0. The van der Waals surface area contributed by atoms with Crippen LogP contribution in [0.15, 0.2) is 22.8 Å². The second-order valence-corrected chi connectivity index (χ2v) is 6.60. The van der Waals surface area contributed by atoms with E-state index in [2.05, 4.69) is 10.2 Å². The molecule has 1 aliphatic rings. The SMILES string of the molecule is CN(C)CCCN(C)C(=O)NC1CCCN(C(=O)c2ccco2)C1. The van der Waals surface area contributed by atoms with Gasteiger partial charge in [-0.3, -0.25) is 4.79 Å². The van der Waals surface area contributed by atoms with Crippen LogP contribution in [0.3, 0.4) is 0 Å². The van der Waals surface area contributed by atoms with Crippen LogP contribution in [-0.2, 0) is 0 Å². The molecular formula is C17H28N4O3. The number of likely N-dealkylation sites (tertiary alicyclic amines) is 1. The van der Waals surface area contributed by atoms with Crippen molar-refractivity contribution in [3.8, 4) is 0 Å². The number of rotatable bonds is 6. The Morgan fingerprint density at radius 2 is 2.12 bits per heavy atom. The van der Waals surface area contributed by atoms with Crippen LogP contribution in [0.5, 0.6) is 0 Å². The van der Waals surface area contributed by atoms with Gasteiger partial charge in [0.25, 0.3) is 5.91 Å². The van der Waals surface area contributed by atoms with Gasteiger partial charge in [0.1, 0.15) is 0 Å². The van der Waals surface area contributed by atoms with Gasteiger partial charge in [-0.2, -0.15) is 0 Å². The van der Waals surface area contributed by atoms with Gasteiger partial charge in [0.15, 0.2) is 5.76 Å². The maximum absolute atomic E-state index is 12.3. The average Bonchev–Trinajstić information content (AvgIpc) is 3.08. The summed E-state index contributed by atoms with van der Waals surface area (Å²) in [7, 11) is 5.85. The number of hydrogen-bond donors (Lipinski definition) is 1. The zero-order valence-corrected chi connectivity index (χ0v) is 14.8. The van der Waals surface area contributed by atoms with Crippen molar-refractivity contribution in [2.75, 3.05) is 47.3 Å². The number of amides is 3. The molecule has 134 valence electrons. The Morgan fingerprint density at radius 3 is 2.79 bits per heavy atom. The number of piperidine rings is 1. The van der Waals surface area contributed by atoms with E-state index in [-0.39, 0.29) is 18.0 Å². The largest absolute Gasteiger partial charge is 0.459 e. The topological polar surface area (TPSA) is 69.0 Å². The van der Waals surface area contributed by atoms with Crippen LogP contribution in [0.25, 0.3) is 0 Å². The highest BCUT2D eigenvalue weighted by Crippen LogP contribution is 2.14. The predicted octanol–water partition coefficient (Wildman–Crippen LogP) is 1.48. The average molecular weight is 336 g/mol. The lowest BCUT2D eigenvalue weighted by molar-refractivity contribution is 0.0663. The van der Waals surface area contributed by atoms with Gasteiger partial charge >= 0.3 is 6.03 Å². The van der Waals surface area contributed by atoms with Crippen molar-refractivity contribution in [2.45, 2.75) is 25.3 Å². The summed E-state index contributed by atoms with van der Waals surface area (Å²) in [5.74, 6) is 0.237. The third kappa shape index (κ3) is 5.26. The van der Waals surface area contributed by atoms with E-state index in [1.807, 2.05) is 14.1 Å². The number of nitrogens with one attached hydrogen (secondary N) is 1. The van der Waals surface area contributed by atoms with Gasteiger partial charge in [-0.05, 0) is 52.0 Å². The molecule has 7 nitrogen and oxygen atoms in total. The first-order valence-corrected chi connectivity index (χ1v) is 8.46. The molecule has 3 amide bonds. The summed E-state index contributed by atoms with van der Waals surface area (Å²) in [6.07, 6.45) is 4.20. The van der Waals surface area contributed by atoms with Crippen molar-refractivity contribution < 1.29 is 14.0 Å². The monoisotopic (exact) mass is 336 g/mol. The molecule has 2 heterocycles. The summed E-state index contributed by atoms with van der Waals surface area (Å²) in [5.41, 5.74) is 0. The fourth-order valence-corrected chi connectivity index (χ4v) is 2.85. The number of nitrogens with zero attached hydrogens (tertiary/aromatic N) is 3. The van der Waals surface area contributed by atoms with Gasteiger partial charge in [-0.15, -0.1) is 0 Å². The van der Waals surface area contributed by atoms with Crippen molar-refractivity contribution in [1.82, 2.24) is 20.0 Å². The van der Waals surface area contributed by atoms with Crippen molar-refractivity contribution in [3.63, 3.8) is 0 Å². The molecule has 2 rings (SSSR count). The van der Waals surface area contributed by atoms with Crippen molar-refractivity contribution in [3.05, 3.63) is 24.2 Å². The van der Waals surface area contributed by atoms with E-state index < -0.39 is 0 Å². The van der Waals surface area contributed by atoms with Crippen LogP contribution in [0.1, 0.15) is 29.8 Å². The van der Waals surface area contributed by atoms with Gasteiger partial charge in [-0.1, -0.05) is 0 Å². The molecule has 0 radical (unpaired) electrons. The van der Waals surface area contributed by atoms with E-state index in [1.165, 1.54) is 6.26 Å². The van der Waals surface area contributed by atoms with Crippen LogP contribution in [0.4, 0.5) is 4.79 Å². The summed E-state index contributed by atoms with van der Waals surface area (Å²) in [4.78, 5) is 30.2. The lowest BCUT2D eigenvalue weighted by Gasteiger charge is -2.33. The van der Waals surface area contributed by atoms with E-state index in [0.717, 1.165) is 25.8 Å². The Kier molecular flexibility index (Phi) is 6.66. The number of carbonyl (C=O) groups excluding carboxylic acids is 2. The number of hydrogen-bond acceptors (Lipinski definition) is 4. The highest BCUT2D eigenvalue weighted by molar-refractivity contribution is 5.91. The zero-order valence-electron chi connectivity index (χ0n) is 14.8. The highest BCUT2D eigenvalue weighted by atomic mass is 16.3. The molecule has 0 aliphatic carbocycles. The van der Waals surface area contributed by atoms with Crippen molar-refractivity contribution in [1.29, 1.82) is 0 Å². The lowest BCUT2D eigenvalue weighted by Crippen LogP contribution is -2.52. The molecule has 1 N–H and O–H groups in total. The first-order chi connectivity index (χ1) is 11.5. The molecule has 0 bridgehead atoms. The second kappa shape index (κ2) is 8.73. The minimum Gasteiger partial charge on any atom is -0.459 e. The molecule has 0 spiro atoms. The van der Waals surface area contributed by atoms with Crippen LogP contribution >= 0.6 is 0 Å². The first-order valence-electron chi connectivity index (χ1n) is 8.46. The molecule has 1 aromatic heterocycles. The van der Waals surface area contributed by atoms with Crippen LogP contribution in [-0.4, -0.2) is 80.0 Å². The fraction of sp³-hybridized carbons (Fsp3) is 0.647. The van der Waals surface area contributed by atoms with Crippen molar-refractivity contribution in [2.24, 2.45) is 0 Å². The molecule has 24 heavy (non-hydrogen) atoms. The van der Waals surface area contributed by atoms with Gasteiger partial charge in [0.05, 0.1) is 6.26 Å². The Balaban J connectivity index is 1.79. The third-order valence-electron chi connectivity index (χ3n) is 4.21. The first kappa shape index (κ1) is 18.3. The Labute approximate surface area is 143 Å². The van der Waals surface area contributed by atoms with Crippen molar-refractivity contribution >= 4 is 11.9 Å². The quantitative estimate of drug-likeness (QED) is 0.854. The standard InChI is InChI=1S/C17H28N4O3/c1-19(2)9-6-10-20(3)17(23)18-14-7-4-11-21(13-14)16(22)15-8-5-12-24-15/h5,8,12,14H,4,6-7,9-11,13H2,1-3H3,(H,18,23). The summed E-state index contributed by atoms with van der Waals surface area (Å²) in [6, 6.07) is 3.29. The Bertz CT molecular complexity index is 530. The molecular weight excluding hydrogens is 308 g/mol. The number of carbonyl (C=O) groups is 2. The fourth-order valence-electron chi connectivity index (χ4n) is 2.85. The lowest BCUT2D eigenvalue weighted by atomic mass is 10.1. The normalized spacial score (nSPS) is 17.8. The summed E-state index contributed by atoms with van der Waals surface area (Å²) < 4.78 is 5.18. The molecule has 0 saturated carbocycles. The molecule has 1 unspecified atom stereocenters. The summed E-state index contributed by atoms with van der Waals surface area (Å²) in [6.45, 7) is 2.89. The third-order valence-corrected chi connectivity index (χ3v) is 4.21. The van der Waals surface area contributed by atoms with E-state index in [0.29, 0.717) is 25.4 Å². The number of urea groups is 1. The van der Waals surface area contributed by atoms with E-state index in [4.69, 9.17) is 4.42 Å². The van der Waals surface area contributed by atoms with Gasteiger partial charge in [0.2, 0.25) is 0 Å². The molecule has 7 heteroatoms. The predicted molar refractivity (Wildman–Crippen MR) is 92.0 cm³/mol. The maximum Gasteiger partial charge on any atom is 0.317 e. The molecule has 1 saturated heterocycles. The van der Waals surface area contributed by atoms with Gasteiger partial charge in [-0.25, -0.2) is 4.79 Å². The molecule has 1 atom stereocenters. The Morgan fingerprint density at radius 1 is 1.33 bits per heavy atom. The van der Waals surface area contributed by atoms with Gasteiger partial charge in [0, 0.05) is 32.7 Å². The van der Waals surface area contributed by atoms with Crippen LogP contribution in [0.2, 0.25) is 0 Å². The molecule has 0 aromatic carbocycles. The molecule has 1 fully saturated rings. The Hall–Kier alpha value is -2.02. The van der Waals surface area contributed by atoms with Crippen LogP contribution in [0, 0.1) is 0 Å². The molecule has 1 aliphatic heterocycles. The number of furan rings is 1. The smallest absolute Gasteiger partial charge is 0.317 e.